The molecule has 0 aromatic heterocycles. The Hall–Kier alpha value is 0.759. The zero-order chi connectivity index (χ0) is 7.23. The van der Waals surface area contributed by atoms with Crippen molar-refractivity contribution in [3.05, 3.63) is 0 Å². The van der Waals surface area contributed by atoms with E-state index in [0.29, 0.717) is 0 Å². The Morgan fingerprint density at radius 3 is 3.00 bits per heavy atom. The van der Waals surface area contributed by atoms with Crippen LogP contribution < -0.4 is 0 Å². The Bertz CT molecular complexity index is 79.3. The van der Waals surface area contributed by atoms with Crippen LogP contribution in [-0.2, 0) is 4.74 Å². The van der Waals surface area contributed by atoms with Crippen molar-refractivity contribution < 1.29 is 4.74 Å². The third-order valence-corrected chi connectivity index (χ3v) is 7.53. The molecule has 1 aliphatic rings. The maximum atomic E-state index is 5.66. The molecular weight excluding hydrogens is 231 g/mol. The van der Waals surface area contributed by atoms with Crippen molar-refractivity contribution >= 4 is 21.1 Å². The molecule has 1 fully saturated rings. The molecule has 0 spiro atoms. The zero-order valence-electron chi connectivity index (χ0n) is 6.81. The average molecular weight is 248 g/mol. The Kier molecular flexibility index (Phi) is 4.79. The summed E-state index contributed by atoms with van der Waals surface area (Å²) in [5.74, 6) is 0. The van der Waals surface area contributed by atoms with Crippen molar-refractivity contribution in [2.75, 3.05) is 6.61 Å². The molecule has 1 aliphatic heterocycles. The molecule has 1 saturated heterocycles. The van der Waals surface area contributed by atoms with E-state index in [-0.39, 0.29) is 21.1 Å². The van der Waals surface area contributed by atoms with E-state index in [9.17, 15) is 0 Å². The standard InChI is InChI=1S/C5H9O.C3H7.Sn.H/c1-2-4-6-5-3-1;1-3-2;;/h4H,1-3,5H2;1,3H2,2H3;;. The summed E-state index contributed by atoms with van der Waals surface area (Å²) in [7, 11) is 0. The van der Waals surface area contributed by atoms with Crippen molar-refractivity contribution in [3.63, 3.8) is 0 Å². The normalized spacial score (nSPS) is 26.7. The molecule has 0 saturated carbocycles. The zero-order valence-corrected chi connectivity index (χ0v) is 10.1. The Labute approximate surface area is 73.7 Å². The molecule has 0 aromatic rings. The van der Waals surface area contributed by atoms with E-state index in [0.717, 1.165) is 10.7 Å². The van der Waals surface area contributed by atoms with Gasteiger partial charge in [-0.25, -0.2) is 0 Å². The summed E-state index contributed by atoms with van der Waals surface area (Å²) >= 11 is -0.278. The van der Waals surface area contributed by atoms with Gasteiger partial charge in [-0.2, -0.15) is 0 Å². The minimum absolute atomic E-state index is 0.278. The fourth-order valence-electron chi connectivity index (χ4n) is 1.30. The van der Waals surface area contributed by atoms with Gasteiger partial charge >= 0.3 is 73.6 Å². The van der Waals surface area contributed by atoms with Crippen molar-refractivity contribution in [1.29, 1.82) is 0 Å². The van der Waals surface area contributed by atoms with Gasteiger partial charge in [0.2, 0.25) is 0 Å². The molecule has 59 valence electrons. The van der Waals surface area contributed by atoms with E-state index >= 15 is 0 Å². The van der Waals surface area contributed by atoms with Crippen LogP contribution in [0.1, 0.15) is 32.6 Å². The minimum atomic E-state index is -0.278. The summed E-state index contributed by atoms with van der Waals surface area (Å²) in [4.78, 5) is 0. The third-order valence-electron chi connectivity index (χ3n) is 1.93. The Morgan fingerprint density at radius 1 is 1.50 bits per heavy atom. The monoisotopic (exact) mass is 249 g/mol. The third kappa shape index (κ3) is 3.24. The second-order valence-electron chi connectivity index (χ2n) is 2.93. The molecule has 0 amide bonds. The first-order chi connectivity index (χ1) is 4.93. The van der Waals surface area contributed by atoms with Crippen molar-refractivity contribution in [2.24, 2.45) is 0 Å². The fraction of sp³-hybridized carbons (Fsp3) is 1.00. The van der Waals surface area contributed by atoms with Gasteiger partial charge in [0.05, 0.1) is 0 Å². The van der Waals surface area contributed by atoms with Crippen LogP contribution in [0.25, 0.3) is 0 Å². The van der Waals surface area contributed by atoms with Gasteiger partial charge in [-0.1, -0.05) is 0 Å². The molecule has 0 aromatic carbocycles. The molecule has 0 bridgehead atoms. The van der Waals surface area contributed by atoms with Crippen LogP contribution in [0, 0.1) is 0 Å². The number of hydrogen-bond acceptors (Lipinski definition) is 1. The number of hydrogen-bond donors (Lipinski definition) is 0. The summed E-state index contributed by atoms with van der Waals surface area (Å²) in [6, 6.07) is 0. The molecule has 1 heterocycles. The van der Waals surface area contributed by atoms with Crippen molar-refractivity contribution in [1.82, 2.24) is 0 Å². The van der Waals surface area contributed by atoms with Gasteiger partial charge in [0.25, 0.3) is 0 Å². The van der Waals surface area contributed by atoms with E-state index in [1.54, 1.807) is 0 Å². The van der Waals surface area contributed by atoms with Crippen LogP contribution in [0.3, 0.4) is 0 Å². The molecule has 10 heavy (non-hydrogen) atoms. The number of rotatable bonds is 3. The topological polar surface area (TPSA) is 9.23 Å². The molecule has 1 unspecified atom stereocenters. The molecule has 1 atom stereocenters. The predicted molar refractivity (Wildman–Crippen MR) is 45.8 cm³/mol. The molecule has 2 heteroatoms. The summed E-state index contributed by atoms with van der Waals surface area (Å²) < 4.78 is 7.99. The van der Waals surface area contributed by atoms with Gasteiger partial charge in [-0.05, 0) is 0 Å². The van der Waals surface area contributed by atoms with E-state index in [4.69, 9.17) is 4.74 Å². The second kappa shape index (κ2) is 5.41. The molecular formula is C8H17OSn. The van der Waals surface area contributed by atoms with Gasteiger partial charge in [0.1, 0.15) is 0 Å². The van der Waals surface area contributed by atoms with Crippen LogP contribution in [0.2, 0.25) is 4.44 Å². The SMILES string of the molecule is CC[CH2][SnH][CH]1CCCCO1. The van der Waals surface area contributed by atoms with Crippen LogP contribution in [0.4, 0.5) is 0 Å². The first-order valence-electron chi connectivity index (χ1n) is 4.38. The van der Waals surface area contributed by atoms with E-state index in [1.807, 2.05) is 0 Å². The first-order valence-corrected chi connectivity index (χ1v) is 8.61. The quantitative estimate of drug-likeness (QED) is 0.691. The van der Waals surface area contributed by atoms with Crippen LogP contribution in [-0.4, -0.2) is 31.9 Å². The second-order valence-corrected chi connectivity index (χ2v) is 8.04. The molecule has 0 aliphatic carbocycles. The van der Waals surface area contributed by atoms with Crippen molar-refractivity contribution in [2.45, 2.75) is 41.2 Å². The van der Waals surface area contributed by atoms with E-state index < -0.39 is 0 Å². The summed E-state index contributed by atoms with van der Waals surface area (Å²) in [5.41, 5.74) is 0. The average Bonchev–Trinajstić information content (AvgIpc) is 2.03. The molecule has 1 rings (SSSR count). The van der Waals surface area contributed by atoms with Gasteiger partial charge < -0.3 is 0 Å². The van der Waals surface area contributed by atoms with Crippen molar-refractivity contribution in [3.8, 4) is 0 Å². The van der Waals surface area contributed by atoms with Crippen LogP contribution in [0.15, 0.2) is 0 Å². The van der Waals surface area contributed by atoms with Gasteiger partial charge in [0.15, 0.2) is 0 Å². The van der Waals surface area contributed by atoms with E-state index in [1.165, 1.54) is 30.1 Å². The van der Waals surface area contributed by atoms with Crippen LogP contribution in [0.5, 0.6) is 0 Å². The molecule has 1 nitrogen and oxygen atoms in total. The number of ether oxygens (including phenoxy) is 1. The predicted octanol–water partition coefficient (Wildman–Crippen LogP) is 1.78. The summed E-state index contributed by atoms with van der Waals surface area (Å²) in [6.07, 6.45) is 5.52. The molecule has 1 radical (unpaired) electrons. The fourth-order valence-corrected chi connectivity index (χ4v) is 5.44. The Balaban J connectivity index is 2.02. The van der Waals surface area contributed by atoms with Gasteiger partial charge in [0, 0.05) is 0 Å². The van der Waals surface area contributed by atoms with Gasteiger partial charge in [-0.3, -0.25) is 0 Å². The maximum absolute atomic E-state index is 5.66. The van der Waals surface area contributed by atoms with E-state index in [2.05, 4.69) is 6.92 Å². The summed E-state index contributed by atoms with van der Waals surface area (Å²) in [6.45, 7) is 3.34. The first kappa shape index (κ1) is 8.85. The Morgan fingerprint density at radius 2 is 2.40 bits per heavy atom. The molecule has 0 N–H and O–H groups in total. The van der Waals surface area contributed by atoms with Gasteiger partial charge in [-0.15, -0.1) is 0 Å². The summed E-state index contributed by atoms with van der Waals surface area (Å²) in [5, 5.41) is 0. The van der Waals surface area contributed by atoms with Crippen LogP contribution >= 0.6 is 0 Å².